The normalized spacial score (nSPS) is 10.3. The van der Waals surface area contributed by atoms with Crippen molar-refractivity contribution in [3.8, 4) is 5.75 Å². The molecule has 0 saturated carbocycles. The van der Waals surface area contributed by atoms with E-state index in [2.05, 4.69) is 0 Å². The molecule has 0 amide bonds. The van der Waals surface area contributed by atoms with E-state index in [4.69, 9.17) is 4.74 Å². The van der Waals surface area contributed by atoms with Crippen LogP contribution in [0.5, 0.6) is 5.75 Å². The molecule has 0 aliphatic carbocycles. The van der Waals surface area contributed by atoms with Crippen LogP contribution in [0.3, 0.4) is 0 Å². The van der Waals surface area contributed by atoms with E-state index in [1.165, 1.54) is 0 Å². The van der Waals surface area contributed by atoms with Crippen molar-refractivity contribution in [1.82, 2.24) is 0 Å². The zero-order valence-electron chi connectivity index (χ0n) is 8.44. The Morgan fingerprint density at radius 1 is 1.14 bits per heavy atom. The maximum atomic E-state index is 13.2. The smallest absolute Gasteiger partial charge is 0.165 e. The van der Waals surface area contributed by atoms with Crippen LogP contribution in [0.25, 0.3) is 0 Å². The van der Waals surface area contributed by atoms with Gasteiger partial charge in [-0.05, 0) is 25.0 Å². The lowest BCUT2D eigenvalue weighted by Gasteiger charge is -2.11. The van der Waals surface area contributed by atoms with Gasteiger partial charge in [0.25, 0.3) is 0 Å². The molecule has 0 atom stereocenters. The Morgan fingerprint density at radius 2 is 1.79 bits per heavy atom. The highest BCUT2D eigenvalue weighted by Crippen LogP contribution is 2.26. The number of hydrogen-bond donors (Lipinski definition) is 0. The summed E-state index contributed by atoms with van der Waals surface area (Å²) in [5.41, 5.74) is 0.318. The molecular weight excluding hydrogens is 186 g/mol. The first kappa shape index (κ1) is 11.0. The van der Waals surface area contributed by atoms with Crippen molar-refractivity contribution in [3.63, 3.8) is 0 Å². The zero-order chi connectivity index (χ0) is 10.6. The van der Waals surface area contributed by atoms with Crippen LogP contribution in [-0.2, 0) is 6.42 Å². The average Bonchev–Trinajstić information content (AvgIpc) is 2.19. The van der Waals surface area contributed by atoms with Crippen molar-refractivity contribution < 1.29 is 13.5 Å². The molecule has 0 aliphatic rings. The fourth-order valence-corrected chi connectivity index (χ4v) is 1.26. The summed E-state index contributed by atoms with van der Waals surface area (Å²) in [7, 11) is 0. The number of benzene rings is 1. The van der Waals surface area contributed by atoms with Crippen LogP contribution in [0, 0.1) is 11.6 Å². The molecule has 0 aromatic heterocycles. The summed E-state index contributed by atoms with van der Waals surface area (Å²) in [6, 6.07) is 2.23. The molecule has 1 aromatic carbocycles. The minimum absolute atomic E-state index is 0.0642. The van der Waals surface area contributed by atoms with Gasteiger partial charge in [-0.25, -0.2) is 8.78 Å². The summed E-state index contributed by atoms with van der Waals surface area (Å²) in [5.74, 6) is -0.828. The van der Waals surface area contributed by atoms with E-state index in [1.54, 1.807) is 6.92 Å². The number of hydrogen-bond acceptors (Lipinski definition) is 1. The lowest BCUT2D eigenvalue weighted by atomic mass is 10.1. The highest BCUT2D eigenvalue weighted by molar-refractivity contribution is 5.36. The molecular formula is C11H14F2O. The monoisotopic (exact) mass is 200 g/mol. The number of rotatable bonds is 4. The first-order chi connectivity index (χ1) is 6.70. The molecule has 3 heteroatoms. The fraction of sp³-hybridized carbons (Fsp3) is 0.455. The standard InChI is InChI=1S/C11H14F2O/c1-3-7-14-11-8(4-2)9(12)5-6-10(11)13/h5-6H,3-4,7H2,1-2H3. The molecule has 0 N–H and O–H groups in total. The zero-order valence-corrected chi connectivity index (χ0v) is 8.44. The van der Waals surface area contributed by atoms with Crippen molar-refractivity contribution in [1.29, 1.82) is 0 Å². The maximum absolute atomic E-state index is 13.2. The average molecular weight is 200 g/mol. The Balaban J connectivity index is 3.03. The Morgan fingerprint density at radius 3 is 2.36 bits per heavy atom. The Bertz CT molecular complexity index is 310. The fourth-order valence-electron chi connectivity index (χ4n) is 1.26. The highest BCUT2D eigenvalue weighted by Gasteiger charge is 2.12. The minimum Gasteiger partial charge on any atom is -0.490 e. The van der Waals surface area contributed by atoms with Crippen LogP contribution in [0.15, 0.2) is 12.1 Å². The summed E-state index contributed by atoms with van der Waals surface area (Å²) in [6.07, 6.45) is 1.21. The Kier molecular flexibility index (Phi) is 3.86. The molecule has 0 bridgehead atoms. The second kappa shape index (κ2) is 4.94. The van der Waals surface area contributed by atoms with Crippen molar-refractivity contribution in [2.45, 2.75) is 26.7 Å². The molecule has 0 aliphatic heterocycles. The lowest BCUT2D eigenvalue weighted by molar-refractivity contribution is 0.295. The van der Waals surface area contributed by atoms with Gasteiger partial charge in [0.05, 0.1) is 6.61 Å². The van der Waals surface area contributed by atoms with Gasteiger partial charge in [0.15, 0.2) is 11.6 Å². The molecule has 1 aromatic rings. The third kappa shape index (κ3) is 2.22. The van der Waals surface area contributed by atoms with Gasteiger partial charge < -0.3 is 4.74 Å². The molecule has 0 spiro atoms. The molecule has 0 saturated heterocycles. The molecule has 0 heterocycles. The number of halogens is 2. The summed E-state index contributed by atoms with van der Waals surface area (Å²) in [6.45, 7) is 4.10. The van der Waals surface area contributed by atoms with Gasteiger partial charge in [0.1, 0.15) is 5.82 Å². The van der Waals surface area contributed by atoms with Gasteiger partial charge >= 0.3 is 0 Å². The van der Waals surface area contributed by atoms with Crippen molar-refractivity contribution in [3.05, 3.63) is 29.3 Å². The number of ether oxygens (including phenoxy) is 1. The first-order valence-corrected chi connectivity index (χ1v) is 4.80. The van der Waals surface area contributed by atoms with Gasteiger partial charge in [0, 0.05) is 5.56 Å². The predicted molar refractivity (Wildman–Crippen MR) is 51.5 cm³/mol. The maximum Gasteiger partial charge on any atom is 0.165 e. The van der Waals surface area contributed by atoms with Gasteiger partial charge in [-0.3, -0.25) is 0 Å². The Labute approximate surface area is 82.7 Å². The summed E-state index contributed by atoms with van der Waals surface area (Å²) >= 11 is 0. The van der Waals surface area contributed by atoms with Gasteiger partial charge in [-0.15, -0.1) is 0 Å². The van der Waals surface area contributed by atoms with Gasteiger partial charge in [0.2, 0.25) is 0 Å². The summed E-state index contributed by atoms with van der Waals surface area (Å²) < 4.78 is 31.6. The highest BCUT2D eigenvalue weighted by atomic mass is 19.1. The van der Waals surface area contributed by atoms with E-state index in [9.17, 15) is 8.78 Å². The van der Waals surface area contributed by atoms with Crippen molar-refractivity contribution >= 4 is 0 Å². The van der Waals surface area contributed by atoms with Crippen molar-refractivity contribution in [2.75, 3.05) is 6.61 Å². The minimum atomic E-state index is -0.489. The predicted octanol–water partition coefficient (Wildman–Crippen LogP) is 3.32. The van der Waals surface area contributed by atoms with E-state index >= 15 is 0 Å². The van der Waals surface area contributed by atoms with Gasteiger partial charge in [-0.1, -0.05) is 13.8 Å². The molecule has 0 fully saturated rings. The van der Waals surface area contributed by atoms with Crippen LogP contribution in [0.4, 0.5) is 8.78 Å². The second-order valence-corrected chi connectivity index (χ2v) is 3.04. The van der Waals surface area contributed by atoms with Crippen molar-refractivity contribution in [2.24, 2.45) is 0 Å². The van der Waals surface area contributed by atoms with Gasteiger partial charge in [-0.2, -0.15) is 0 Å². The quantitative estimate of drug-likeness (QED) is 0.724. The first-order valence-electron chi connectivity index (χ1n) is 4.80. The van der Waals surface area contributed by atoms with E-state index in [1.807, 2.05) is 6.92 Å². The molecule has 1 nitrogen and oxygen atoms in total. The molecule has 1 rings (SSSR count). The van der Waals surface area contributed by atoms with E-state index in [0.29, 0.717) is 18.6 Å². The largest absolute Gasteiger partial charge is 0.490 e. The lowest BCUT2D eigenvalue weighted by Crippen LogP contribution is -2.03. The van der Waals surface area contributed by atoms with E-state index in [0.717, 1.165) is 18.6 Å². The third-order valence-corrected chi connectivity index (χ3v) is 1.96. The van der Waals surface area contributed by atoms with Crippen LogP contribution in [0.2, 0.25) is 0 Å². The molecule has 0 unspecified atom stereocenters. The second-order valence-electron chi connectivity index (χ2n) is 3.04. The topological polar surface area (TPSA) is 9.23 Å². The molecule has 78 valence electrons. The van der Waals surface area contributed by atoms with Crippen LogP contribution in [0.1, 0.15) is 25.8 Å². The Hall–Kier alpha value is -1.12. The van der Waals surface area contributed by atoms with Crippen LogP contribution in [-0.4, -0.2) is 6.61 Å². The van der Waals surface area contributed by atoms with E-state index < -0.39 is 11.6 Å². The summed E-state index contributed by atoms with van der Waals surface area (Å²) in [5, 5.41) is 0. The summed E-state index contributed by atoms with van der Waals surface area (Å²) in [4.78, 5) is 0. The van der Waals surface area contributed by atoms with Crippen LogP contribution < -0.4 is 4.74 Å². The van der Waals surface area contributed by atoms with Crippen LogP contribution >= 0.6 is 0 Å². The molecule has 0 radical (unpaired) electrons. The SMILES string of the molecule is CCCOc1c(F)ccc(F)c1CC. The van der Waals surface area contributed by atoms with E-state index in [-0.39, 0.29) is 5.75 Å². The molecule has 14 heavy (non-hydrogen) atoms. The third-order valence-electron chi connectivity index (χ3n) is 1.96.